The predicted molar refractivity (Wildman–Crippen MR) is 161 cm³/mol. The number of Topliss-reactive ketones (excluding diaryl/α,β-unsaturated/α-hetero) is 1. The van der Waals surface area contributed by atoms with Crippen molar-refractivity contribution in [1.82, 2.24) is 19.5 Å². The highest BCUT2D eigenvalue weighted by molar-refractivity contribution is 6.83. The van der Waals surface area contributed by atoms with Crippen LogP contribution >= 0.6 is 0 Å². The molecule has 4 aromatic rings. The SMILES string of the molecule is CC(C)(C)[Si](C)(C)[C@@]1(O)[C@@H](CO)O[C@@](Cc2ccccc2)(n2cnc3c(=O)[nH]c(N)nc32)[C@@]1(O)C(=O)c1ccccc1. The Morgan fingerprint density at radius 1 is 1.10 bits per heavy atom. The lowest BCUT2D eigenvalue weighted by molar-refractivity contribution is -0.175. The van der Waals surface area contributed by atoms with E-state index in [2.05, 4.69) is 15.0 Å². The molecule has 2 aromatic carbocycles. The first kappa shape index (κ1) is 29.8. The van der Waals surface area contributed by atoms with E-state index in [0.717, 1.165) is 0 Å². The highest BCUT2D eigenvalue weighted by atomic mass is 28.3. The number of nitrogens with one attached hydrogen (secondary N) is 1. The largest absolute Gasteiger partial charge is 0.394 e. The highest BCUT2D eigenvalue weighted by Crippen LogP contribution is 2.60. The molecule has 0 amide bonds. The fraction of sp³-hybridized carbons (Fsp3) is 0.400. The number of hydrogen-bond acceptors (Lipinski definition) is 9. The average Bonchev–Trinajstić information content (AvgIpc) is 3.46. The minimum absolute atomic E-state index is 0.0531. The Kier molecular flexibility index (Phi) is 7.06. The second-order valence-electron chi connectivity index (χ2n) is 12.5. The summed E-state index contributed by atoms with van der Waals surface area (Å²) in [5.74, 6) is -1.01. The molecule has 12 heteroatoms. The van der Waals surface area contributed by atoms with Gasteiger partial charge >= 0.3 is 0 Å². The van der Waals surface area contributed by atoms with Crippen molar-refractivity contribution in [2.75, 3.05) is 12.3 Å². The topological polar surface area (TPSA) is 177 Å². The van der Waals surface area contributed by atoms with Gasteiger partial charge in [-0.25, -0.2) is 4.98 Å². The van der Waals surface area contributed by atoms with Crippen LogP contribution in [-0.4, -0.2) is 72.2 Å². The van der Waals surface area contributed by atoms with Crippen molar-refractivity contribution in [3.8, 4) is 0 Å². The molecule has 0 spiro atoms. The maximum atomic E-state index is 14.9. The number of aliphatic hydroxyl groups excluding tert-OH is 1. The van der Waals surface area contributed by atoms with E-state index in [1.54, 1.807) is 54.6 Å². The summed E-state index contributed by atoms with van der Waals surface area (Å²) in [7, 11) is -3.27. The summed E-state index contributed by atoms with van der Waals surface area (Å²) in [4.78, 5) is 38.7. The van der Waals surface area contributed by atoms with Crippen molar-refractivity contribution >= 4 is 31.0 Å². The van der Waals surface area contributed by atoms with E-state index in [1.807, 2.05) is 39.9 Å². The van der Waals surface area contributed by atoms with Gasteiger partial charge in [-0.2, -0.15) is 4.98 Å². The number of nitrogens with zero attached hydrogens (tertiary/aromatic N) is 3. The molecule has 0 saturated carbocycles. The van der Waals surface area contributed by atoms with Crippen molar-refractivity contribution in [3.05, 3.63) is 88.5 Å². The third kappa shape index (κ3) is 3.93. The summed E-state index contributed by atoms with van der Waals surface area (Å²) >= 11 is 0. The Hall–Kier alpha value is -3.68. The van der Waals surface area contributed by atoms with Gasteiger partial charge in [0.2, 0.25) is 17.3 Å². The molecule has 1 aliphatic heterocycles. The number of carbonyl (C=O) groups excluding carboxylic acids is 1. The van der Waals surface area contributed by atoms with E-state index in [9.17, 15) is 24.9 Å². The van der Waals surface area contributed by atoms with E-state index in [1.165, 1.54) is 10.9 Å². The van der Waals surface area contributed by atoms with Gasteiger partial charge in [-0.05, 0) is 10.6 Å². The smallest absolute Gasteiger partial charge is 0.280 e. The number of nitrogens with two attached hydrogens (primary N) is 1. The van der Waals surface area contributed by atoms with Crippen LogP contribution in [0.5, 0.6) is 0 Å². The summed E-state index contributed by atoms with van der Waals surface area (Å²) in [6, 6.07) is 17.2. The zero-order valence-corrected chi connectivity index (χ0v) is 25.3. The number of ether oxygens (including phenoxy) is 1. The zero-order chi connectivity index (χ0) is 30.7. The number of carbonyl (C=O) groups is 1. The van der Waals surface area contributed by atoms with E-state index in [4.69, 9.17) is 10.5 Å². The standard InChI is InChI=1S/C30H37N5O6Si/c1-27(2,3)42(4,5)30(40)21(17-36)41-28(16-19-12-8-6-9-13-19,29(30,39)23(37)20-14-10-7-11-15-20)35-18-32-22-24(35)33-26(31)34-25(22)38/h6-15,18,21,36,39-40H,16-17H2,1-5H3,(H3,31,33,34,38)/t21-,28-,29+,30+/m1/s1. The third-order valence-electron chi connectivity index (χ3n) is 9.38. The Morgan fingerprint density at radius 2 is 1.69 bits per heavy atom. The fourth-order valence-corrected chi connectivity index (χ4v) is 9.54. The molecule has 3 heterocycles. The molecule has 1 saturated heterocycles. The van der Waals surface area contributed by atoms with Gasteiger partial charge in [0.1, 0.15) is 11.3 Å². The normalized spacial score (nSPS) is 26.5. The summed E-state index contributed by atoms with van der Waals surface area (Å²) in [5.41, 5.74) is 1.08. The van der Waals surface area contributed by atoms with Gasteiger partial charge in [-0.1, -0.05) is 94.5 Å². The summed E-state index contributed by atoms with van der Waals surface area (Å²) in [6.45, 7) is 8.84. The molecule has 0 aliphatic carbocycles. The monoisotopic (exact) mass is 591 g/mol. The predicted octanol–water partition coefficient (Wildman–Crippen LogP) is 2.38. The number of imidazole rings is 1. The van der Waals surface area contributed by atoms with Crippen molar-refractivity contribution in [3.63, 3.8) is 0 Å². The van der Waals surface area contributed by atoms with Crippen LogP contribution in [0, 0.1) is 0 Å². The lowest BCUT2D eigenvalue weighted by Crippen LogP contribution is -2.79. The van der Waals surface area contributed by atoms with Gasteiger partial charge in [-0.3, -0.25) is 19.1 Å². The molecule has 5 rings (SSSR count). The average molecular weight is 592 g/mol. The number of rotatable bonds is 7. The van der Waals surface area contributed by atoms with Gasteiger partial charge < -0.3 is 25.8 Å². The first-order valence-electron chi connectivity index (χ1n) is 13.8. The lowest BCUT2D eigenvalue weighted by atomic mass is 9.75. The number of H-pyrrole nitrogens is 1. The van der Waals surface area contributed by atoms with Crippen molar-refractivity contribution < 1.29 is 24.9 Å². The zero-order valence-electron chi connectivity index (χ0n) is 24.3. The Morgan fingerprint density at radius 3 is 2.26 bits per heavy atom. The maximum Gasteiger partial charge on any atom is 0.280 e. The lowest BCUT2D eigenvalue weighted by Gasteiger charge is -2.55. The first-order valence-corrected chi connectivity index (χ1v) is 16.8. The van der Waals surface area contributed by atoms with E-state index >= 15 is 0 Å². The number of ketones is 1. The number of hydrogen-bond donors (Lipinski definition) is 5. The minimum atomic E-state index is -3.27. The van der Waals surface area contributed by atoms with Gasteiger partial charge in [-0.15, -0.1) is 0 Å². The van der Waals surface area contributed by atoms with Gasteiger partial charge in [0.05, 0.1) is 21.0 Å². The van der Waals surface area contributed by atoms with Crippen LogP contribution < -0.4 is 11.3 Å². The third-order valence-corrected chi connectivity index (χ3v) is 15.7. The van der Waals surface area contributed by atoms with Gasteiger partial charge in [0.15, 0.2) is 16.9 Å². The number of nitrogen functional groups attached to an aromatic ring is 1. The molecule has 11 nitrogen and oxygen atoms in total. The van der Waals surface area contributed by atoms with Crippen LogP contribution in [0.4, 0.5) is 5.95 Å². The van der Waals surface area contributed by atoms with Crippen LogP contribution in [0.2, 0.25) is 18.1 Å². The summed E-state index contributed by atoms with van der Waals surface area (Å²) < 4.78 is 8.00. The van der Waals surface area contributed by atoms with E-state index in [0.29, 0.717) is 5.56 Å². The number of fused-ring (bicyclic) bond motifs is 1. The number of aromatic nitrogens is 4. The molecule has 2 aromatic heterocycles. The van der Waals surface area contributed by atoms with Gasteiger partial charge in [0, 0.05) is 12.0 Å². The number of aromatic amines is 1. The Balaban J connectivity index is 1.97. The van der Waals surface area contributed by atoms with Crippen LogP contribution in [0.3, 0.4) is 0 Å². The van der Waals surface area contributed by atoms with Gasteiger partial charge in [0.25, 0.3) is 5.56 Å². The highest BCUT2D eigenvalue weighted by Gasteiger charge is 2.82. The molecule has 1 fully saturated rings. The van der Waals surface area contributed by atoms with Crippen molar-refractivity contribution in [1.29, 1.82) is 0 Å². The Labute approximate surface area is 244 Å². The second-order valence-corrected chi connectivity index (χ2v) is 18.0. The number of aliphatic hydroxyl groups is 3. The summed E-state index contributed by atoms with van der Waals surface area (Å²) in [6.07, 6.45) is -0.308. The molecule has 6 N–H and O–H groups in total. The number of benzene rings is 2. The van der Waals surface area contributed by atoms with E-state index in [-0.39, 0.29) is 29.1 Å². The second kappa shape index (κ2) is 9.95. The minimum Gasteiger partial charge on any atom is -0.394 e. The molecule has 1 aliphatic rings. The number of anilines is 1. The Bertz CT molecular complexity index is 1690. The van der Waals surface area contributed by atoms with Crippen LogP contribution in [0.25, 0.3) is 11.2 Å². The van der Waals surface area contributed by atoms with E-state index < -0.39 is 53.7 Å². The fourth-order valence-electron chi connectivity index (χ4n) is 6.23. The molecule has 0 bridgehead atoms. The first-order chi connectivity index (χ1) is 19.7. The molecule has 42 heavy (non-hydrogen) atoms. The molecule has 0 radical (unpaired) electrons. The quantitative estimate of drug-likeness (QED) is 0.159. The van der Waals surface area contributed by atoms with Crippen molar-refractivity contribution in [2.45, 2.75) is 68.0 Å². The van der Waals surface area contributed by atoms with Crippen LogP contribution in [-0.2, 0) is 16.9 Å². The molecular weight excluding hydrogens is 554 g/mol. The molecule has 4 atom stereocenters. The molecular formula is C30H37N5O6Si. The van der Waals surface area contributed by atoms with Crippen LogP contribution in [0.15, 0.2) is 71.8 Å². The summed E-state index contributed by atoms with van der Waals surface area (Å²) in [5, 5.41) is 34.4. The molecule has 0 unspecified atom stereocenters. The van der Waals surface area contributed by atoms with Crippen molar-refractivity contribution in [2.24, 2.45) is 0 Å². The maximum absolute atomic E-state index is 14.9. The molecule has 222 valence electrons. The van der Waals surface area contributed by atoms with Crippen LogP contribution in [0.1, 0.15) is 36.7 Å².